The van der Waals surface area contributed by atoms with Crippen LogP contribution in [0.4, 0.5) is 5.95 Å². The maximum Gasteiger partial charge on any atom is 0.353 e. The normalized spacial score (nSPS) is 22.9. The minimum absolute atomic E-state index is 0.0504. The smallest absolute Gasteiger partial charge is 0.353 e. The maximum absolute atomic E-state index is 12.5. The lowest BCUT2D eigenvalue weighted by atomic mass is 10.2. The van der Waals surface area contributed by atoms with Crippen LogP contribution in [-0.2, 0) is 23.2 Å². The Balaban J connectivity index is 1.50. The zero-order valence-corrected chi connectivity index (χ0v) is 21.6. The third kappa shape index (κ3) is 7.52. The molecule has 2 aromatic rings. The van der Waals surface area contributed by atoms with Gasteiger partial charge in [-0.15, -0.1) is 11.6 Å². The Labute approximate surface area is 195 Å². The average Bonchev–Trinajstić information content (AvgIpc) is 3.35. The van der Waals surface area contributed by atoms with Gasteiger partial charge in [0.2, 0.25) is 18.6 Å². The SMILES string of the molecule is Nc1nc2c(ncn2[C@H]2CC[C@@H](CPP(=O)(O)PP(=O)(O)OCCNC(=O)CCl)O2)c(=O)[nH]1. The van der Waals surface area contributed by atoms with Crippen molar-refractivity contribution in [3.63, 3.8) is 0 Å². The molecule has 6 atom stereocenters. The first kappa shape index (κ1) is 26.7. The molecular formula is C14H23ClN6O8P4. The Hall–Kier alpha value is -0.930. The molecule has 33 heavy (non-hydrogen) atoms. The van der Waals surface area contributed by atoms with Gasteiger partial charge in [0.25, 0.3) is 5.56 Å². The first-order valence-corrected chi connectivity index (χ1v) is 18.1. The van der Waals surface area contributed by atoms with Gasteiger partial charge in [-0.25, -0.2) is 4.98 Å². The van der Waals surface area contributed by atoms with Crippen molar-refractivity contribution in [3.8, 4) is 0 Å². The number of nitrogens with one attached hydrogen (secondary N) is 2. The summed E-state index contributed by atoms with van der Waals surface area (Å²) in [5.41, 5.74) is 5.54. The predicted octanol–water partition coefficient (Wildman–Crippen LogP) is 1.31. The number of aromatic nitrogens is 4. The molecule has 2 aromatic heterocycles. The Bertz CT molecular complexity index is 1160. The third-order valence-electron chi connectivity index (χ3n) is 4.45. The van der Waals surface area contributed by atoms with Crippen LogP contribution in [0.5, 0.6) is 0 Å². The zero-order valence-electron chi connectivity index (χ0n) is 17.0. The molecule has 1 fully saturated rings. The second-order valence-electron chi connectivity index (χ2n) is 6.94. The zero-order chi connectivity index (χ0) is 24.2. The summed E-state index contributed by atoms with van der Waals surface area (Å²) in [6, 6.07) is 0. The van der Waals surface area contributed by atoms with Crippen LogP contribution in [0.2, 0.25) is 0 Å². The molecule has 1 saturated heterocycles. The van der Waals surface area contributed by atoms with Crippen molar-refractivity contribution in [3.05, 3.63) is 16.7 Å². The van der Waals surface area contributed by atoms with Crippen molar-refractivity contribution < 1.29 is 33.0 Å². The molecule has 0 aliphatic carbocycles. The van der Waals surface area contributed by atoms with E-state index in [0.717, 1.165) is 0 Å². The number of alkyl halides is 1. The molecule has 0 radical (unpaired) electrons. The molecule has 3 rings (SSSR count). The van der Waals surface area contributed by atoms with Crippen molar-refractivity contribution in [1.82, 2.24) is 24.8 Å². The molecule has 0 aromatic carbocycles. The van der Waals surface area contributed by atoms with Gasteiger partial charge in [0, 0.05) is 12.7 Å². The van der Waals surface area contributed by atoms with Crippen molar-refractivity contribution in [2.45, 2.75) is 25.2 Å². The summed E-state index contributed by atoms with van der Waals surface area (Å²) < 4.78 is 36.9. The van der Waals surface area contributed by atoms with Gasteiger partial charge in [-0.3, -0.25) is 28.3 Å². The largest absolute Gasteiger partial charge is 0.369 e. The molecule has 1 aliphatic rings. The summed E-state index contributed by atoms with van der Waals surface area (Å²) in [6.07, 6.45) is 1.94. The van der Waals surface area contributed by atoms with Crippen molar-refractivity contribution in [2.24, 2.45) is 0 Å². The topological polar surface area (TPSA) is 212 Å². The van der Waals surface area contributed by atoms with Gasteiger partial charge in [0.15, 0.2) is 11.2 Å². The number of fused-ring (bicyclic) bond motifs is 1. The third-order valence-corrected chi connectivity index (χ3v) is 19.4. The van der Waals surface area contributed by atoms with Crippen LogP contribution in [0, 0.1) is 0 Å². The van der Waals surface area contributed by atoms with Gasteiger partial charge in [0.05, 0.1) is 27.0 Å². The molecule has 0 spiro atoms. The van der Waals surface area contributed by atoms with E-state index in [1.807, 2.05) is 0 Å². The van der Waals surface area contributed by atoms with Crippen molar-refractivity contribution in [1.29, 1.82) is 0 Å². The quantitative estimate of drug-likeness (QED) is 0.150. The van der Waals surface area contributed by atoms with E-state index in [4.69, 9.17) is 26.6 Å². The van der Waals surface area contributed by atoms with Crippen molar-refractivity contribution >= 4 is 64.9 Å². The Morgan fingerprint density at radius 1 is 1.45 bits per heavy atom. The summed E-state index contributed by atoms with van der Waals surface area (Å²) in [7, 11) is -6.01. The number of H-pyrrole nitrogens is 1. The first-order valence-electron chi connectivity index (χ1n) is 9.55. The highest BCUT2D eigenvalue weighted by atomic mass is 35.5. The molecule has 0 bridgehead atoms. The van der Waals surface area contributed by atoms with Gasteiger partial charge < -0.3 is 30.1 Å². The highest BCUT2D eigenvalue weighted by molar-refractivity contribution is 8.68. The number of nitrogens with zero attached hydrogens (tertiary/aromatic N) is 3. The number of carbonyl (C=O) groups excluding carboxylic acids is 1. The maximum atomic E-state index is 12.5. The van der Waals surface area contributed by atoms with Crippen LogP contribution in [0.1, 0.15) is 19.1 Å². The van der Waals surface area contributed by atoms with Gasteiger partial charge in [0.1, 0.15) is 12.1 Å². The number of ether oxygens (including phenoxy) is 1. The summed E-state index contributed by atoms with van der Waals surface area (Å²) in [5, 5.41) is 2.35. The number of nitrogens with two attached hydrogens (primary N) is 1. The van der Waals surface area contributed by atoms with Gasteiger partial charge in [-0.1, -0.05) is 0 Å². The van der Waals surface area contributed by atoms with E-state index in [-0.39, 0.29) is 48.4 Å². The molecule has 184 valence electrons. The number of halogens is 1. The van der Waals surface area contributed by atoms with Crippen LogP contribution in [-0.4, -0.2) is 66.5 Å². The fourth-order valence-electron chi connectivity index (χ4n) is 3.06. The lowest BCUT2D eigenvalue weighted by molar-refractivity contribution is -0.118. The monoisotopic (exact) mass is 562 g/mol. The number of anilines is 1. The van der Waals surface area contributed by atoms with Gasteiger partial charge in [-0.05, 0) is 21.1 Å². The van der Waals surface area contributed by atoms with E-state index in [1.54, 1.807) is 4.57 Å². The van der Waals surface area contributed by atoms with Crippen LogP contribution in [0.3, 0.4) is 0 Å². The lowest BCUT2D eigenvalue weighted by Gasteiger charge is -2.19. The molecule has 0 saturated carbocycles. The lowest BCUT2D eigenvalue weighted by Crippen LogP contribution is -2.27. The molecule has 3 heterocycles. The standard InChI is InChI=1S/C14H23ClN6O8P4/c15-5-9(22)17-3-4-28-32(24,25)31-33(26,27)30-6-8-1-2-10(29-8)21-7-18-11-12(21)19-14(16)20-13(11)23/h7-8,10,30-31H,1-6H2,(H,17,22)(H,24,25)(H,26,27)(H3,16,19,20,23)/t8-,10+/m0/s1. The van der Waals surface area contributed by atoms with Gasteiger partial charge >= 0.3 is 7.28 Å². The second kappa shape index (κ2) is 11.2. The van der Waals surface area contributed by atoms with E-state index in [2.05, 4.69) is 20.3 Å². The Morgan fingerprint density at radius 2 is 2.21 bits per heavy atom. The molecular weight excluding hydrogens is 540 g/mol. The minimum Gasteiger partial charge on any atom is -0.369 e. The molecule has 14 nitrogen and oxygen atoms in total. The fourth-order valence-corrected chi connectivity index (χ4v) is 18.1. The molecule has 4 unspecified atom stereocenters. The van der Waals surface area contributed by atoms with Crippen LogP contribution >= 0.6 is 41.9 Å². The number of amides is 1. The number of carbonyl (C=O) groups is 1. The highest BCUT2D eigenvalue weighted by Gasteiger charge is 2.35. The van der Waals surface area contributed by atoms with E-state index < -0.39 is 48.0 Å². The van der Waals surface area contributed by atoms with E-state index in [0.29, 0.717) is 12.8 Å². The predicted molar refractivity (Wildman–Crippen MR) is 127 cm³/mol. The van der Waals surface area contributed by atoms with Crippen LogP contribution < -0.4 is 16.6 Å². The molecule has 6 N–H and O–H groups in total. The number of nitrogen functional groups attached to an aromatic ring is 1. The molecule has 1 amide bonds. The van der Waals surface area contributed by atoms with Crippen LogP contribution in [0.15, 0.2) is 11.1 Å². The fraction of sp³-hybridized carbons (Fsp3) is 0.571. The Kier molecular flexibility index (Phi) is 9.06. The number of rotatable bonds is 11. The van der Waals surface area contributed by atoms with Crippen molar-refractivity contribution in [2.75, 3.05) is 30.9 Å². The number of hydrogen-bond acceptors (Lipinski definition) is 9. The van der Waals surface area contributed by atoms with E-state index in [9.17, 15) is 28.5 Å². The summed E-state index contributed by atoms with van der Waals surface area (Å²) >= 11 is 5.31. The first-order chi connectivity index (χ1) is 15.5. The number of imidazole rings is 1. The molecule has 1 aliphatic heterocycles. The highest BCUT2D eigenvalue weighted by Crippen LogP contribution is 2.87. The average molecular weight is 563 g/mol. The summed E-state index contributed by atoms with van der Waals surface area (Å²) in [5.74, 6) is -0.769. The molecule has 19 heteroatoms. The Morgan fingerprint density at radius 3 is 2.94 bits per heavy atom. The number of hydrogen-bond donors (Lipinski definition) is 5. The van der Waals surface area contributed by atoms with Crippen LogP contribution in [0.25, 0.3) is 11.2 Å². The van der Waals surface area contributed by atoms with Gasteiger partial charge in [-0.2, -0.15) is 4.98 Å². The van der Waals surface area contributed by atoms with E-state index >= 15 is 0 Å². The second-order valence-corrected chi connectivity index (χ2v) is 20.6. The minimum atomic E-state index is -4.30. The van der Waals surface area contributed by atoms with E-state index in [1.165, 1.54) is 6.33 Å². The summed E-state index contributed by atoms with van der Waals surface area (Å²) in [4.78, 5) is 53.5. The summed E-state index contributed by atoms with van der Waals surface area (Å²) in [6.45, 7) is -4.28. The number of aromatic amines is 1.